The van der Waals surface area contributed by atoms with Crippen molar-refractivity contribution >= 4 is 11.9 Å². The summed E-state index contributed by atoms with van der Waals surface area (Å²) in [6, 6.07) is -0.162. The van der Waals surface area contributed by atoms with E-state index < -0.39 is 11.9 Å². The maximum Gasteiger partial charge on any atom is 0.308 e. The van der Waals surface area contributed by atoms with Gasteiger partial charge in [-0.3, -0.25) is 9.59 Å². The molecule has 3 atom stereocenters. The molecule has 5 nitrogen and oxygen atoms in total. The Morgan fingerprint density at radius 2 is 2.25 bits per heavy atom. The lowest BCUT2D eigenvalue weighted by atomic mass is 9.94. The zero-order valence-corrected chi connectivity index (χ0v) is 9.82. The van der Waals surface area contributed by atoms with Crippen molar-refractivity contribution in [3.8, 4) is 0 Å². The van der Waals surface area contributed by atoms with E-state index in [0.717, 1.165) is 19.4 Å². The Balaban J connectivity index is 2.31. The lowest BCUT2D eigenvalue weighted by Crippen LogP contribution is -2.49. The van der Waals surface area contributed by atoms with E-state index in [1.807, 2.05) is 0 Å². The first-order valence-electron chi connectivity index (χ1n) is 5.74. The van der Waals surface area contributed by atoms with E-state index in [-0.39, 0.29) is 18.5 Å². The van der Waals surface area contributed by atoms with Crippen molar-refractivity contribution in [3.63, 3.8) is 0 Å². The molecule has 0 aromatic rings. The quantitative estimate of drug-likeness (QED) is 0.643. The molecule has 1 saturated heterocycles. The van der Waals surface area contributed by atoms with Gasteiger partial charge in [0.15, 0.2) is 0 Å². The molecule has 0 spiro atoms. The molecular formula is C11H20N2O3. The van der Waals surface area contributed by atoms with Crippen LogP contribution in [0, 0.1) is 11.8 Å². The highest BCUT2D eigenvalue weighted by Crippen LogP contribution is 2.14. The van der Waals surface area contributed by atoms with E-state index in [1.54, 1.807) is 6.92 Å². The standard InChI is InChI=1S/C11H20N2O3/c1-7-3-4-12-9(5-7)10(14)13-6-8(2)11(15)16/h7-9,12H,3-6H2,1-2H3,(H,13,14)(H,15,16). The fourth-order valence-corrected chi connectivity index (χ4v) is 1.77. The maximum atomic E-state index is 11.7. The van der Waals surface area contributed by atoms with E-state index in [0.29, 0.717) is 5.92 Å². The molecule has 1 rings (SSSR count). The monoisotopic (exact) mass is 228 g/mol. The van der Waals surface area contributed by atoms with Gasteiger partial charge in [-0.05, 0) is 25.3 Å². The van der Waals surface area contributed by atoms with Crippen LogP contribution in [0.25, 0.3) is 0 Å². The van der Waals surface area contributed by atoms with Crippen LogP contribution >= 0.6 is 0 Å². The van der Waals surface area contributed by atoms with Crippen LogP contribution < -0.4 is 10.6 Å². The topological polar surface area (TPSA) is 78.4 Å². The summed E-state index contributed by atoms with van der Waals surface area (Å²) in [4.78, 5) is 22.3. The molecule has 3 N–H and O–H groups in total. The van der Waals surface area contributed by atoms with Gasteiger partial charge in [0.2, 0.25) is 5.91 Å². The van der Waals surface area contributed by atoms with Crippen LogP contribution in [0.3, 0.4) is 0 Å². The molecule has 1 aliphatic rings. The Bertz CT molecular complexity index is 268. The van der Waals surface area contributed by atoms with E-state index in [1.165, 1.54) is 0 Å². The Kier molecular flexibility index (Phi) is 4.73. The molecule has 92 valence electrons. The minimum Gasteiger partial charge on any atom is -0.481 e. The van der Waals surface area contributed by atoms with Gasteiger partial charge in [0.1, 0.15) is 0 Å². The van der Waals surface area contributed by atoms with E-state index >= 15 is 0 Å². The normalized spacial score (nSPS) is 27.1. The molecule has 16 heavy (non-hydrogen) atoms. The minimum absolute atomic E-state index is 0.0837. The second-order valence-electron chi connectivity index (χ2n) is 4.62. The molecule has 0 bridgehead atoms. The van der Waals surface area contributed by atoms with Crippen LogP contribution in [0.2, 0.25) is 0 Å². The number of amides is 1. The van der Waals surface area contributed by atoms with Gasteiger partial charge in [-0.25, -0.2) is 0 Å². The summed E-state index contributed by atoms with van der Waals surface area (Å²) in [5.74, 6) is -0.955. The Morgan fingerprint density at radius 1 is 1.56 bits per heavy atom. The fraction of sp³-hybridized carbons (Fsp3) is 0.818. The first-order chi connectivity index (χ1) is 7.50. The number of carboxylic acid groups (broad SMARTS) is 1. The largest absolute Gasteiger partial charge is 0.481 e. The molecule has 0 aromatic carbocycles. The smallest absolute Gasteiger partial charge is 0.308 e. The second-order valence-corrected chi connectivity index (χ2v) is 4.62. The Hall–Kier alpha value is -1.10. The Labute approximate surface area is 95.6 Å². The summed E-state index contributed by atoms with van der Waals surface area (Å²) in [6.45, 7) is 4.76. The van der Waals surface area contributed by atoms with Crippen molar-refractivity contribution < 1.29 is 14.7 Å². The highest BCUT2D eigenvalue weighted by molar-refractivity contribution is 5.82. The van der Waals surface area contributed by atoms with E-state index in [2.05, 4.69) is 17.6 Å². The first kappa shape index (κ1) is 13.0. The Morgan fingerprint density at radius 3 is 2.81 bits per heavy atom. The first-order valence-corrected chi connectivity index (χ1v) is 5.74. The van der Waals surface area contributed by atoms with Crippen LogP contribution in [-0.4, -0.2) is 36.1 Å². The maximum absolute atomic E-state index is 11.7. The van der Waals surface area contributed by atoms with Gasteiger partial charge in [0.25, 0.3) is 0 Å². The van der Waals surface area contributed by atoms with Crippen LogP contribution in [-0.2, 0) is 9.59 Å². The minimum atomic E-state index is -0.884. The molecule has 1 fully saturated rings. The molecule has 0 radical (unpaired) electrons. The summed E-state index contributed by atoms with van der Waals surface area (Å²) in [5.41, 5.74) is 0. The number of carboxylic acids is 1. The number of aliphatic carboxylic acids is 1. The number of piperidine rings is 1. The van der Waals surface area contributed by atoms with Crippen molar-refractivity contribution in [2.45, 2.75) is 32.7 Å². The molecular weight excluding hydrogens is 208 g/mol. The lowest BCUT2D eigenvalue weighted by molar-refractivity contribution is -0.141. The van der Waals surface area contributed by atoms with Crippen LogP contribution in [0.1, 0.15) is 26.7 Å². The van der Waals surface area contributed by atoms with E-state index in [4.69, 9.17) is 5.11 Å². The van der Waals surface area contributed by atoms with Crippen molar-refractivity contribution in [1.29, 1.82) is 0 Å². The average Bonchev–Trinajstić information content (AvgIpc) is 2.25. The summed E-state index contributed by atoms with van der Waals surface area (Å²) >= 11 is 0. The second kappa shape index (κ2) is 5.84. The number of hydrogen-bond donors (Lipinski definition) is 3. The molecule has 0 aliphatic carbocycles. The number of hydrogen-bond acceptors (Lipinski definition) is 3. The molecule has 1 heterocycles. The van der Waals surface area contributed by atoms with Gasteiger partial charge in [-0.15, -0.1) is 0 Å². The zero-order chi connectivity index (χ0) is 12.1. The van der Waals surface area contributed by atoms with Gasteiger partial charge in [0.05, 0.1) is 12.0 Å². The van der Waals surface area contributed by atoms with Crippen molar-refractivity contribution in [1.82, 2.24) is 10.6 Å². The van der Waals surface area contributed by atoms with E-state index in [9.17, 15) is 9.59 Å². The number of rotatable bonds is 4. The van der Waals surface area contributed by atoms with Gasteiger partial charge >= 0.3 is 5.97 Å². The van der Waals surface area contributed by atoms with Crippen molar-refractivity contribution in [2.75, 3.05) is 13.1 Å². The highest BCUT2D eigenvalue weighted by Gasteiger charge is 2.24. The number of carbonyl (C=O) groups is 2. The molecule has 1 aliphatic heterocycles. The molecule has 5 heteroatoms. The average molecular weight is 228 g/mol. The SMILES string of the molecule is CC1CCNC(C(=O)NCC(C)C(=O)O)C1. The molecule has 3 unspecified atom stereocenters. The molecule has 1 amide bonds. The molecule has 0 aromatic heterocycles. The third-order valence-corrected chi connectivity index (χ3v) is 2.99. The summed E-state index contributed by atoms with van der Waals surface area (Å²) in [7, 11) is 0. The van der Waals surface area contributed by atoms with Gasteiger partial charge in [0, 0.05) is 6.54 Å². The predicted molar refractivity (Wildman–Crippen MR) is 60.0 cm³/mol. The third-order valence-electron chi connectivity index (χ3n) is 2.99. The van der Waals surface area contributed by atoms with Gasteiger partial charge < -0.3 is 15.7 Å². The molecule has 0 saturated carbocycles. The summed E-state index contributed by atoms with van der Waals surface area (Å²) in [5, 5.41) is 14.5. The van der Waals surface area contributed by atoms with Gasteiger partial charge in [-0.1, -0.05) is 13.8 Å². The van der Waals surface area contributed by atoms with Crippen LogP contribution in [0.5, 0.6) is 0 Å². The third kappa shape index (κ3) is 3.81. The zero-order valence-electron chi connectivity index (χ0n) is 9.82. The lowest BCUT2D eigenvalue weighted by Gasteiger charge is -2.27. The number of nitrogens with one attached hydrogen (secondary N) is 2. The number of carbonyl (C=O) groups excluding carboxylic acids is 1. The van der Waals surface area contributed by atoms with Crippen molar-refractivity contribution in [2.24, 2.45) is 11.8 Å². The fourth-order valence-electron chi connectivity index (χ4n) is 1.77. The summed E-state index contributed by atoms with van der Waals surface area (Å²) in [6.07, 6.45) is 1.92. The van der Waals surface area contributed by atoms with Crippen LogP contribution in [0.15, 0.2) is 0 Å². The summed E-state index contributed by atoms with van der Waals surface area (Å²) < 4.78 is 0. The van der Waals surface area contributed by atoms with Crippen LogP contribution in [0.4, 0.5) is 0 Å². The highest BCUT2D eigenvalue weighted by atomic mass is 16.4. The predicted octanol–water partition coefficient (Wildman–Crippen LogP) is 0.211. The van der Waals surface area contributed by atoms with Gasteiger partial charge in [-0.2, -0.15) is 0 Å². The van der Waals surface area contributed by atoms with Crippen molar-refractivity contribution in [3.05, 3.63) is 0 Å².